The molecule has 1 aromatic rings. The summed E-state index contributed by atoms with van der Waals surface area (Å²) in [7, 11) is 5.19. The van der Waals surface area contributed by atoms with Gasteiger partial charge in [0.25, 0.3) is 0 Å². The Labute approximate surface area is 151 Å². The minimum Gasteiger partial charge on any atom is -0.487 e. The van der Waals surface area contributed by atoms with Crippen molar-refractivity contribution >= 4 is 11.9 Å². The van der Waals surface area contributed by atoms with Crippen LogP contribution in [0.15, 0.2) is 11.0 Å². The van der Waals surface area contributed by atoms with Crippen molar-refractivity contribution < 1.29 is 33.3 Å². The number of aromatic nitrogens is 1. The molecule has 0 saturated heterocycles. The highest BCUT2D eigenvalue weighted by Crippen LogP contribution is 2.19. The second kappa shape index (κ2) is 10.6. The molecule has 0 unspecified atom stereocenters. The Morgan fingerprint density at radius 3 is 2.19 bits per heavy atom. The number of hydrogen-bond donors (Lipinski definition) is 0. The van der Waals surface area contributed by atoms with Crippen molar-refractivity contribution in [2.24, 2.45) is 0 Å². The largest absolute Gasteiger partial charge is 0.487 e. The summed E-state index contributed by atoms with van der Waals surface area (Å²) in [5.74, 6) is -1.89. The van der Waals surface area contributed by atoms with Gasteiger partial charge in [0.1, 0.15) is 5.56 Å². The molecule has 1 rings (SSSR count). The van der Waals surface area contributed by atoms with E-state index in [0.717, 1.165) is 13.5 Å². The van der Waals surface area contributed by atoms with Gasteiger partial charge >= 0.3 is 11.9 Å². The lowest BCUT2D eigenvalue weighted by Gasteiger charge is -2.21. The third kappa shape index (κ3) is 5.06. The molecule has 0 N–H and O–H groups in total. The number of nitrogens with zero attached hydrogens (tertiary/aromatic N) is 1. The molecule has 0 aliphatic carbocycles. The molecular formula is C17H25NO8. The molecule has 0 aromatic carbocycles. The molecule has 146 valence electrons. The van der Waals surface area contributed by atoms with E-state index in [9.17, 15) is 14.4 Å². The predicted molar refractivity (Wildman–Crippen MR) is 91.6 cm³/mol. The molecule has 0 atom stereocenters. The molecule has 0 radical (unpaired) electrons. The van der Waals surface area contributed by atoms with E-state index >= 15 is 0 Å². The number of unbranched alkanes of at least 4 members (excludes halogenated alkanes) is 1. The fourth-order valence-corrected chi connectivity index (χ4v) is 2.20. The van der Waals surface area contributed by atoms with Gasteiger partial charge in [0.15, 0.2) is 17.7 Å². The Morgan fingerprint density at radius 2 is 1.69 bits per heavy atom. The van der Waals surface area contributed by atoms with E-state index < -0.39 is 23.7 Å². The zero-order valence-corrected chi connectivity index (χ0v) is 15.7. The topological polar surface area (TPSA) is 102 Å². The normalized spacial score (nSPS) is 10.7. The van der Waals surface area contributed by atoms with Crippen LogP contribution < -0.4 is 10.2 Å². The van der Waals surface area contributed by atoms with Gasteiger partial charge in [0.2, 0.25) is 5.43 Å². The average Bonchev–Trinajstić information content (AvgIpc) is 2.66. The molecule has 26 heavy (non-hydrogen) atoms. The van der Waals surface area contributed by atoms with E-state index in [0.29, 0.717) is 6.42 Å². The maximum absolute atomic E-state index is 12.7. The maximum atomic E-state index is 12.7. The second-order valence-electron chi connectivity index (χ2n) is 5.29. The molecule has 9 nitrogen and oxygen atoms in total. The highest BCUT2D eigenvalue weighted by Gasteiger charge is 2.27. The lowest BCUT2D eigenvalue weighted by Crippen LogP contribution is -2.30. The predicted octanol–water partition coefficient (Wildman–Crippen LogP) is 1.22. The number of hydrogen-bond acceptors (Lipinski definition) is 8. The van der Waals surface area contributed by atoms with Gasteiger partial charge in [-0.3, -0.25) is 4.79 Å². The standard InChI is InChI=1S/C17H25NO8/c1-6-7-8-26-15-13(17(21)25-5)18(10-12(22-2)23-3)9-11(14(15)19)16(20)24-4/h9,12H,6-8,10H2,1-5H3. The zero-order chi connectivity index (χ0) is 19.7. The second-order valence-corrected chi connectivity index (χ2v) is 5.29. The van der Waals surface area contributed by atoms with Gasteiger partial charge < -0.3 is 28.3 Å². The van der Waals surface area contributed by atoms with Crippen LogP contribution >= 0.6 is 0 Å². The van der Waals surface area contributed by atoms with Crippen molar-refractivity contribution in [3.05, 3.63) is 27.7 Å². The number of ether oxygens (including phenoxy) is 5. The summed E-state index contributed by atoms with van der Waals surface area (Å²) in [5.41, 5.74) is -1.13. The molecule has 1 heterocycles. The van der Waals surface area contributed by atoms with E-state index in [1.807, 2.05) is 6.92 Å². The van der Waals surface area contributed by atoms with E-state index in [2.05, 4.69) is 4.74 Å². The SMILES string of the molecule is CCCCOc1c(C(=O)OC)n(CC(OC)OC)cc(C(=O)OC)c1=O. The summed E-state index contributed by atoms with van der Waals surface area (Å²) in [6.45, 7) is 2.18. The van der Waals surface area contributed by atoms with E-state index in [4.69, 9.17) is 18.9 Å². The molecule has 0 amide bonds. The molecule has 9 heteroatoms. The van der Waals surface area contributed by atoms with Gasteiger partial charge in [-0.2, -0.15) is 0 Å². The highest BCUT2D eigenvalue weighted by molar-refractivity contribution is 5.94. The minimum absolute atomic E-state index is 0.0197. The first-order valence-corrected chi connectivity index (χ1v) is 8.07. The Kier molecular flexibility index (Phi) is 8.80. The number of carbonyl (C=O) groups is 2. The fourth-order valence-electron chi connectivity index (χ4n) is 2.20. The molecule has 0 aliphatic rings. The number of pyridine rings is 1. The van der Waals surface area contributed by atoms with Gasteiger partial charge in [-0.1, -0.05) is 13.3 Å². The third-order valence-electron chi connectivity index (χ3n) is 3.64. The van der Waals surface area contributed by atoms with Crippen LogP contribution in [-0.2, 0) is 25.5 Å². The van der Waals surface area contributed by atoms with Crippen LogP contribution in [-0.4, -0.2) is 57.8 Å². The lowest BCUT2D eigenvalue weighted by molar-refractivity contribution is -0.111. The Balaban J connectivity index is 3.61. The van der Waals surface area contributed by atoms with E-state index in [1.54, 1.807) is 0 Å². The summed E-state index contributed by atoms with van der Waals surface area (Å²) in [6, 6.07) is 0. The number of rotatable bonds is 10. The van der Waals surface area contributed by atoms with Crippen LogP contribution in [0.1, 0.15) is 40.6 Å². The Hall–Kier alpha value is -2.39. The summed E-state index contributed by atoms with van der Waals surface area (Å²) >= 11 is 0. The quantitative estimate of drug-likeness (QED) is 0.344. The van der Waals surface area contributed by atoms with E-state index in [-0.39, 0.29) is 30.2 Å². The average molecular weight is 371 g/mol. The molecule has 0 fully saturated rings. The monoisotopic (exact) mass is 371 g/mol. The molecule has 1 aromatic heterocycles. The Bertz CT molecular complexity index is 678. The van der Waals surface area contributed by atoms with Crippen molar-refractivity contribution in [2.75, 3.05) is 35.0 Å². The summed E-state index contributed by atoms with van der Waals surface area (Å²) in [4.78, 5) is 36.9. The summed E-state index contributed by atoms with van der Waals surface area (Å²) < 4.78 is 26.6. The summed E-state index contributed by atoms with van der Waals surface area (Å²) in [6.07, 6.45) is 1.97. The number of methoxy groups -OCH3 is 4. The van der Waals surface area contributed by atoms with Crippen molar-refractivity contribution in [1.82, 2.24) is 4.57 Å². The molecule has 0 saturated carbocycles. The van der Waals surface area contributed by atoms with Crippen molar-refractivity contribution in [2.45, 2.75) is 32.6 Å². The van der Waals surface area contributed by atoms with Crippen molar-refractivity contribution in [1.29, 1.82) is 0 Å². The fraction of sp³-hybridized carbons (Fsp3) is 0.588. The van der Waals surface area contributed by atoms with Gasteiger partial charge in [0, 0.05) is 20.4 Å². The van der Waals surface area contributed by atoms with Gasteiger partial charge in [-0.15, -0.1) is 0 Å². The highest BCUT2D eigenvalue weighted by atomic mass is 16.7. The van der Waals surface area contributed by atoms with Crippen LogP contribution in [0, 0.1) is 0 Å². The first kappa shape index (κ1) is 21.7. The first-order valence-electron chi connectivity index (χ1n) is 8.07. The molecule has 0 bridgehead atoms. The molecule has 0 aliphatic heterocycles. The minimum atomic E-state index is -0.841. The van der Waals surface area contributed by atoms with Crippen LogP contribution in [0.25, 0.3) is 0 Å². The van der Waals surface area contributed by atoms with Crippen molar-refractivity contribution in [3.63, 3.8) is 0 Å². The van der Waals surface area contributed by atoms with Crippen LogP contribution in [0.4, 0.5) is 0 Å². The van der Waals surface area contributed by atoms with Crippen molar-refractivity contribution in [3.8, 4) is 5.75 Å². The Morgan fingerprint density at radius 1 is 1.08 bits per heavy atom. The molecule has 0 spiro atoms. The maximum Gasteiger partial charge on any atom is 0.358 e. The van der Waals surface area contributed by atoms with Gasteiger partial charge in [0.05, 0.1) is 27.4 Å². The number of carbonyl (C=O) groups excluding carboxylic acids is 2. The lowest BCUT2D eigenvalue weighted by atomic mass is 10.2. The molecular weight excluding hydrogens is 346 g/mol. The van der Waals surface area contributed by atoms with Gasteiger partial charge in [-0.25, -0.2) is 9.59 Å². The third-order valence-corrected chi connectivity index (χ3v) is 3.64. The summed E-state index contributed by atoms with van der Waals surface area (Å²) in [5, 5.41) is 0. The smallest absolute Gasteiger partial charge is 0.358 e. The number of esters is 2. The van der Waals surface area contributed by atoms with Gasteiger partial charge in [-0.05, 0) is 6.42 Å². The van der Waals surface area contributed by atoms with Crippen LogP contribution in [0.5, 0.6) is 5.75 Å². The zero-order valence-electron chi connectivity index (χ0n) is 15.7. The van der Waals surface area contributed by atoms with Crippen LogP contribution in [0.2, 0.25) is 0 Å². The van der Waals surface area contributed by atoms with Crippen LogP contribution in [0.3, 0.4) is 0 Å². The van der Waals surface area contributed by atoms with E-state index in [1.165, 1.54) is 32.1 Å². The first-order chi connectivity index (χ1) is 12.4.